The molecule has 0 atom stereocenters. The van der Waals surface area contributed by atoms with Crippen molar-refractivity contribution in [1.29, 1.82) is 0 Å². The van der Waals surface area contributed by atoms with Gasteiger partial charge < -0.3 is 4.74 Å². The number of aryl methyl sites for hydroxylation is 1. The van der Waals surface area contributed by atoms with Crippen LogP contribution in [0.4, 0.5) is 4.39 Å². The molecule has 0 saturated heterocycles. The van der Waals surface area contributed by atoms with Crippen molar-refractivity contribution in [2.24, 2.45) is 0 Å². The van der Waals surface area contributed by atoms with Crippen LogP contribution in [-0.2, 0) is 4.74 Å². The highest BCUT2D eigenvalue weighted by molar-refractivity contribution is 7.15. The molecule has 0 aliphatic rings. The minimum atomic E-state index is -0.468. The molecule has 19 heavy (non-hydrogen) atoms. The van der Waals surface area contributed by atoms with E-state index in [9.17, 15) is 9.18 Å². The van der Waals surface area contributed by atoms with E-state index in [0.717, 1.165) is 4.88 Å². The Balaban J connectivity index is 2.41. The van der Waals surface area contributed by atoms with Crippen molar-refractivity contribution in [1.82, 2.24) is 4.98 Å². The summed E-state index contributed by atoms with van der Waals surface area (Å²) in [7, 11) is 0. The molecule has 0 aliphatic carbocycles. The van der Waals surface area contributed by atoms with E-state index in [1.165, 1.54) is 23.5 Å². The zero-order chi connectivity index (χ0) is 14.0. The molecular formula is C13H11ClFNO2S. The monoisotopic (exact) mass is 299 g/mol. The lowest BCUT2D eigenvalue weighted by atomic mass is 10.2. The second-order valence-electron chi connectivity index (χ2n) is 3.80. The maximum atomic E-state index is 13.3. The van der Waals surface area contributed by atoms with E-state index in [-0.39, 0.29) is 12.3 Å². The van der Waals surface area contributed by atoms with Crippen LogP contribution in [0, 0.1) is 12.7 Å². The van der Waals surface area contributed by atoms with Gasteiger partial charge in [0.05, 0.1) is 6.61 Å². The van der Waals surface area contributed by atoms with E-state index in [2.05, 4.69) is 4.98 Å². The predicted octanol–water partition coefficient (Wildman–Crippen LogP) is 4.09. The Morgan fingerprint density at radius 3 is 2.84 bits per heavy atom. The number of nitrogens with zero attached hydrogens (tertiary/aromatic N) is 1. The molecule has 0 unspecified atom stereocenters. The fourth-order valence-corrected chi connectivity index (χ4v) is 2.70. The zero-order valence-electron chi connectivity index (χ0n) is 10.4. The summed E-state index contributed by atoms with van der Waals surface area (Å²) in [6.07, 6.45) is 0. The Labute approximate surface area is 119 Å². The number of carbonyl (C=O) groups excluding carboxylic acids is 1. The highest BCUT2D eigenvalue weighted by Crippen LogP contribution is 2.30. The molecule has 1 aromatic carbocycles. The molecule has 0 spiro atoms. The van der Waals surface area contributed by atoms with Crippen molar-refractivity contribution in [3.63, 3.8) is 0 Å². The summed E-state index contributed by atoms with van der Waals surface area (Å²) >= 11 is 7.11. The van der Waals surface area contributed by atoms with Gasteiger partial charge in [-0.2, -0.15) is 0 Å². The van der Waals surface area contributed by atoms with Crippen LogP contribution in [0.5, 0.6) is 0 Å². The van der Waals surface area contributed by atoms with Gasteiger partial charge in [-0.25, -0.2) is 14.2 Å². The van der Waals surface area contributed by atoms with Gasteiger partial charge in [-0.1, -0.05) is 11.6 Å². The maximum Gasteiger partial charge on any atom is 0.358 e. The number of rotatable bonds is 3. The second-order valence-corrected chi connectivity index (χ2v) is 5.44. The van der Waals surface area contributed by atoms with E-state index in [1.54, 1.807) is 19.9 Å². The molecule has 0 amide bonds. The summed E-state index contributed by atoms with van der Waals surface area (Å²) in [6, 6.07) is 4.16. The Bertz CT molecular complexity index is 607. The van der Waals surface area contributed by atoms with E-state index in [4.69, 9.17) is 16.3 Å². The van der Waals surface area contributed by atoms with Gasteiger partial charge in [-0.05, 0) is 32.0 Å². The summed E-state index contributed by atoms with van der Waals surface area (Å²) in [6.45, 7) is 3.79. The van der Waals surface area contributed by atoms with Gasteiger partial charge in [0, 0.05) is 15.5 Å². The first-order valence-electron chi connectivity index (χ1n) is 5.62. The van der Waals surface area contributed by atoms with Crippen LogP contribution < -0.4 is 0 Å². The van der Waals surface area contributed by atoms with Crippen LogP contribution >= 0.6 is 22.9 Å². The third-order valence-corrected chi connectivity index (χ3v) is 3.61. The molecule has 2 rings (SSSR count). The smallest absolute Gasteiger partial charge is 0.358 e. The first-order valence-corrected chi connectivity index (χ1v) is 6.81. The summed E-state index contributed by atoms with van der Waals surface area (Å²) in [5.74, 6) is -0.905. The molecule has 6 heteroatoms. The van der Waals surface area contributed by atoms with Crippen molar-refractivity contribution in [3.05, 3.63) is 39.6 Å². The fourth-order valence-electron chi connectivity index (χ4n) is 1.59. The molecule has 0 radical (unpaired) electrons. The van der Waals surface area contributed by atoms with Crippen LogP contribution in [0.1, 0.15) is 22.3 Å². The molecular weight excluding hydrogens is 289 g/mol. The molecule has 0 bridgehead atoms. The number of halogens is 2. The SMILES string of the molecule is CCOC(=O)c1nc(-c2cc(F)cc(Cl)c2)sc1C. The Kier molecular flexibility index (Phi) is 4.17. The zero-order valence-corrected chi connectivity index (χ0v) is 11.9. The molecule has 3 nitrogen and oxygen atoms in total. The number of thiazole rings is 1. The van der Waals surface area contributed by atoms with Crippen LogP contribution in [-0.4, -0.2) is 17.6 Å². The summed E-state index contributed by atoms with van der Waals surface area (Å²) in [5, 5.41) is 0.836. The number of carbonyl (C=O) groups is 1. The lowest BCUT2D eigenvalue weighted by molar-refractivity contribution is 0.0519. The molecule has 1 heterocycles. The van der Waals surface area contributed by atoms with Crippen molar-refractivity contribution < 1.29 is 13.9 Å². The largest absolute Gasteiger partial charge is 0.461 e. The van der Waals surface area contributed by atoms with Gasteiger partial charge in [-0.3, -0.25) is 0 Å². The van der Waals surface area contributed by atoms with Gasteiger partial charge in [-0.15, -0.1) is 11.3 Å². The first kappa shape index (κ1) is 14.0. The lowest BCUT2D eigenvalue weighted by Crippen LogP contribution is -2.06. The van der Waals surface area contributed by atoms with E-state index in [1.807, 2.05) is 0 Å². The minimum absolute atomic E-state index is 0.266. The van der Waals surface area contributed by atoms with Gasteiger partial charge in [0.2, 0.25) is 0 Å². The van der Waals surface area contributed by atoms with Gasteiger partial charge in [0.15, 0.2) is 5.69 Å². The van der Waals surface area contributed by atoms with Crippen molar-refractivity contribution >= 4 is 28.9 Å². The highest BCUT2D eigenvalue weighted by atomic mass is 35.5. The third kappa shape index (κ3) is 3.11. The Hall–Kier alpha value is -1.46. The van der Waals surface area contributed by atoms with E-state index >= 15 is 0 Å². The number of aromatic nitrogens is 1. The molecule has 0 saturated carbocycles. The standard InChI is InChI=1S/C13H11ClFNO2S/c1-3-18-13(17)11-7(2)19-12(16-11)8-4-9(14)6-10(15)5-8/h4-6H,3H2,1-2H3. The van der Waals surface area contributed by atoms with Crippen LogP contribution in [0.2, 0.25) is 5.02 Å². The van der Waals surface area contributed by atoms with Gasteiger partial charge >= 0.3 is 5.97 Å². The Morgan fingerprint density at radius 1 is 1.47 bits per heavy atom. The molecule has 2 aromatic rings. The molecule has 100 valence electrons. The number of hydrogen-bond donors (Lipinski definition) is 0. The van der Waals surface area contributed by atoms with Crippen LogP contribution in [0.3, 0.4) is 0 Å². The highest BCUT2D eigenvalue weighted by Gasteiger charge is 2.17. The van der Waals surface area contributed by atoms with E-state index in [0.29, 0.717) is 15.6 Å². The average molecular weight is 300 g/mol. The topological polar surface area (TPSA) is 39.2 Å². The van der Waals surface area contributed by atoms with Crippen molar-refractivity contribution in [2.45, 2.75) is 13.8 Å². The molecule has 0 fully saturated rings. The van der Waals surface area contributed by atoms with Gasteiger partial charge in [0.1, 0.15) is 10.8 Å². The average Bonchev–Trinajstić information content (AvgIpc) is 2.70. The number of benzene rings is 1. The predicted molar refractivity (Wildman–Crippen MR) is 73.2 cm³/mol. The quantitative estimate of drug-likeness (QED) is 0.801. The van der Waals surface area contributed by atoms with Crippen LogP contribution in [0.25, 0.3) is 10.6 Å². The molecule has 0 N–H and O–H groups in total. The Morgan fingerprint density at radius 2 is 2.21 bits per heavy atom. The second kappa shape index (κ2) is 5.67. The van der Waals surface area contributed by atoms with E-state index < -0.39 is 11.8 Å². The summed E-state index contributed by atoms with van der Waals surface area (Å²) in [4.78, 5) is 16.6. The minimum Gasteiger partial charge on any atom is -0.461 e. The normalized spacial score (nSPS) is 10.5. The van der Waals surface area contributed by atoms with Crippen molar-refractivity contribution in [2.75, 3.05) is 6.61 Å². The number of esters is 1. The number of ether oxygens (including phenoxy) is 1. The van der Waals surface area contributed by atoms with Crippen LogP contribution in [0.15, 0.2) is 18.2 Å². The van der Waals surface area contributed by atoms with Gasteiger partial charge in [0.25, 0.3) is 0 Å². The molecule has 1 aromatic heterocycles. The van der Waals surface area contributed by atoms with Crippen molar-refractivity contribution in [3.8, 4) is 10.6 Å². The number of hydrogen-bond acceptors (Lipinski definition) is 4. The molecule has 0 aliphatic heterocycles. The summed E-state index contributed by atoms with van der Waals surface area (Å²) < 4.78 is 18.2. The third-order valence-electron chi connectivity index (χ3n) is 2.37. The fraction of sp³-hybridized carbons (Fsp3) is 0.231. The summed E-state index contributed by atoms with van der Waals surface area (Å²) in [5.41, 5.74) is 0.816. The lowest BCUT2D eigenvalue weighted by Gasteiger charge is -1.99. The first-order chi connectivity index (χ1) is 9.01. The maximum absolute atomic E-state index is 13.3.